The summed E-state index contributed by atoms with van der Waals surface area (Å²) in [6.07, 6.45) is 0. The summed E-state index contributed by atoms with van der Waals surface area (Å²) in [5.41, 5.74) is 4.64. The molecule has 0 aliphatic rings. The van der Waals surface area contributed by atoms with Gasteiger partial charge in [0.05, 0.1) is 0 Å². The Kier molecular flexibility index (Phi) is 3.45. The summed E-state index contributed by atoms with van der Waals surface area (Å²) >= 11 is 0. The van der Waals surface area contributed by atoms with E-state index in [1.165, 1.54) is 12.1 Å². The number of fused-ring (bicyclic) bond motifs is 1. The Hall–Kier alpha value is -2.24. The number of benzene rings is 2. The fourth-order valence-corrected chi connectivity index (χ4v) is 2.46. The number of hydrogen-bond donors (Lipinski definition) is 2. The largest absolute Gasteiger partial charge is 0.459 e. The van der Waals surface area contributed by atoms with Crippen molar-refractivity contribution in [3.05, 3.63) is 71.0 Å². The van der Waals surface area contributed by atoms with Crippen LogP contribution >= 0.6 is 0 Å². The van der Waals surface area contributed by atoms with Crippen LogP contribution in [0.15, 0.2) is 46.9 Å². The second kappa shape index (κ2) is 5.27. The van der Waals surface area contributed by atoms with Crippen LogP contribution in [0.2, 0.25) is 0 Å². The van der Waals surface area contributed by atoms with E-state index in [0.717, 1.165) is 22.6 Å². The van der Waals surface area contributed by atoms with Crippen molar-refractivity contribution in [1.29, 1.82) is 0 Å². The van der Waals surface area contributed by atoms with Gasteiger partial charge in [-0.05, 0) is 36.2 Å². The number of nitrogens with two attached hydrogens (primary N) is 1. The summed E-state index contributed by atoms with van der Waals surface area (Å²) in [5.74, 6) is 4.74. The van der Waals surface area contributed by atoms with Gasteiger partial charge in [-0.1, -0.05) is 18.2 Å². The molecule has 108 valence electrons. The molecule has 3 aromatic rings. The molecule has 5 heteroatoms. The second-order valence-corrected chi connectivity index (χ2v) is 4.94. The number of nitrogens with one attached hydrogen (secondary N) is 1. The van der Waals surface area contributed by atoms with Crippen LogP contribution < -0.4 is 11.3 Å². The highest BCUT2D eigenvalue weighted by molar-refractivity contribution is 5.81. The Morgan fingerprint density at radius 2 is 1.81 bits per heavy atom. The maximum absolute atomic E-state index is 13.4. The highest BCUT2D eigenvalue weighted by atomic mass is 19.1. The van der Waals surface area contributed by atoms with Crippen molar-refractivity contribution >= 4 is 11.0 Å². The molecule has 0 aliphatic carbocycles. The van der Waals surface area contributed by atoms with Gasteiger partial charge in [-0.25, -0.2) is 14.2 Å². The van der Waals surface area contributed by atoms with Gasteiger partial charge < -0.3 is 4.42 Å². The molecule has 1 atom stereocenters. The van der Waals surface area contributed by atoms with E-state index in [2.05, 4.69) is 5.43 Å². The van der Waals surface area contributed by atoms with E-state index in [1.807, 2.05) is 31.2 Å². The van der Waals surface area contributed by atoms with E-state index in [9.17, 15) is 8.78 Å². The first-order valence-electron chi connectivity index (χ1n) is 6.49. The maximum atomic E-state index is 13.4. The highest BCUT2D eigenvalue weighted by Crippen LogP contribution is 2.30. The van der Waals surface area contributed by atoms with Crippen molar-refractivity contribution in [3.8, 4) is 0 Å². The second-order valence-electron chi connectivity index (χ2n) is 4.94. The molecular weight excluding hydrogens is 274 g/mol. The molecule has 3 nitrogen and oxygen atoms in total. The van der Waals surface area contributed by atoms with Gasteiger partial charge in [-0.2, -0.15) is 0 Å². The van der Waals surface area contributed by atoms with Crippen LogP contribution in [0.4, 0.5) is 8.78 Å². The Balaban J connectivity index is 2.11. The van der Waals surface area contributed by atoms with Crippen molar-refractivity contribution in [2.45, 2.75) is 13.0 Å². The predicted molar refractivity (Wildman–Crippen MR) is 76.5 cm³/mol. The third kappa shape index (κ3) is 2.53. The monoisotopic (exact) mass is 288 g/mol. The predicted octanol–water partition coefficient (Wildman–Crippen LogP) is 3.57. The van der Waals surface area contributed by atoms with Gasteiger partial charge in [0.1, 0.15) is 29.0 Å². The van der Waals surface area contributed by atoms with Gasteiger partial charge in [-0.3, -0.25) is 5.84 Å². The molecule has 1 heterocycles. The normalized spacial score (nSPS) is 12.8. The molecular formula is C16H14F2N2O. The molecule has 0 saturated heterocycles. The van der Waals surface area contributed by atoms with Crippen molar-refractivity contribution in [3.63, 3.8) is 0 Å². The SMILES string of the molecule is Cc1cccc2cc(C(NN)c3cc(F)cc(F)c3)oc12. The first-order valence-corrected chi connectivity index (χ1v) is 6.49. The zero-order valence-corrected chi connectivity index (χ0v) is 11.4. The minimum atomic E-state index is -0.655. The van der Waals surface area contributed by atoms with Gasteiger partial charge in [0.2, 0.25) is 0 Å². The van der Waals surface area contributed by atoms with E-state index < -0.39 is 17.7 Å². The van der Waals surface area contributed by atoms with Gasteiger partial charge in [-0.15, -0.1) is 0 Å². The number of hydrogen-bond acceptors (Lipinski definition) is 3. The lowest BCUT2D eigenvalue weighted by atomic mass is 10.0. The van der Waals surface area contributed by atoms with Crippen molar-refractivity contribution in [1.82, 2.24) is 5.43 Å². The topological polar surface area (TPSA) is 51.2 Å². The first kappa shape index (κ1) is 13.7. The molecule has 0 fully saturated rings. The molecule has 0 radical (unpaired) electrons. The van der Waals surface area contributed by atoms with E-state index in [4.69, 9.17) is 10.3 Å². The maximum Gasteiger partial charge on any atom is 0.137 e. The standard InChI is InChI=1S/C16H14F2N2O/c1-9-3-2-4-10-7-14(21-16(9)10)15(20-19)11-5-12(17)8-13(18)6-11/h2-8,15,20H,19H2,1H3. The van der Waals surface area contributed by atoms with Crippen LogP contribution in [0.1, 0.15) is 22.9 Å². The molecule has 1 unspecified atom stereocenters. The van der Waals surface area contributed by atoms with Crippen LogP contribution in [0.3, 0.4) is 0 Å². The molecule has 21 heavy (non-hydrogen) atoms. The number of para-hydroxylation sites is 1. The number of furan rings is 1. The van der Waals surface area contributed by atoms with Gasteiger partial charge in [0, 0.05) is 11.5 Å². The molecule has 0 saturated carbocycles. The van der Waals surface area contributed by atoms with Crippen LogP contribution in [0.25, 0.3) is 11.0 Å². The third-order valence-corrected chi connectivity index (χ3v) is 3.43. The Morgan fingerprint density at radius 1 is 1.10 bits per heavy atom. The minimum absolute atomic E-state index is 0.367. The summed E-state index contributed by atoms with van der Waals surface area (Å²) in [6, 6.07) is 10.2. The van der Waals surface area contributed by atoms with Crippen molar-refractivity contribution < 1.29 is 13.2 Å². The van der Waals surface area contributed by atoms with Crippen LogP contribution in [-0.4, -0.2) is 0 Å². The molecule has 3 rings (SSSR count). The summed E-state index contributed by atoms with van der Waals surface area (Å²) in [4.78, 5) is 0. The summed E-state index contributed by atoms with van der Waals surface area (Å²) in [5, 5.41) is 0.919. The van der Waals surface area contributed by atoms with Gasteiger partial charge in [0.15, 0.2) is 0 Å². The number of aryl methyl sites for hydroxylation is 1. The van der Waals surface area contributed by atoms with Crippen molar-refractivity contribution in [2.24, 2.45) is 5.84 Å². The molecule has 3 N–H and O–H groups in total. The quantitative estimate of drug-likeness (QED) is 0.572. The smallest absolute Gasteiger partial charge is 0.137 e. The zero-order chi connectivity index (χ0) is 15.0. The molecule has 0 aliphatic heterocycles. The van der Waals surface area contributed by atoms with Crippen LogP contribution in [0.5, 0.6) is 0 Å². The molecule has 0 amide bonds. The number of rotatable bonds is 3. The Bertz CT molecular complexity index is 778. The zero-order valence-electron chi connectivity index (χ0n) is 11.4. The fourth-order valence-electron chi connectivity index (χ4n) is 2.46. The van der Waals surface area contributed by atoms with E-state index >= 15 is 0 Å². The van der Waals surface area contributed by atoms with Crippen LogP contribution in [-0.2, 0) is 0 Å². The lowest BCUT2D eigenvalue weighted by Crippen LogP contribution is -2.28. The van der Waals surface area contributed by atoms with E-state index in [1.54, 1.807) is 0 Å². The minimum Gasteiger partial charge on any atom is -0.459 e. The van der Waals surface area contributed by atoms with E-state index in [0.29, 0.717) is 11.3 Å². The third-order valence-electron chi connectivity index (χ3n) is 3.43. The number of hydrazine groups is 1. The van der Waals surface area contributed by atoms with E-state index in [-0.39, 0.29) is 0 Å². The first-order chi connectivity index (χ1) is 10.1. The molecule has 2 aromatic carbocycles. The molecule has 0 bridgehead atoms. The lowest BCUT2D eigenvalue weighted by Gasteiger charge is -2.13. The summed E-state index contributed by atoms with van der Waals surface area (Å²) in [7, 11) is 0. The molecule has 0 spiro atoms. The number of halogens is 2. The Morgan fingerprint density at radius 3 is 2.43 bits per heavy atom. The summed E-state index contributed by atoms with van der Waals surface area (Å²) < 4.78 is 32.5. The average molecular weight is 288 g/mol. The van der Waals surface area contributed by atoms with Gasteiger partial charge >= 0.3 is 0 Å². The Labute approximate surface area is 120 Å². The fraction of sp³-hybridized carbons (Fsp3) is 0.125. The summed E-state index contributed by atoms with van der Waals surface area (Å²) in [6.45, 7) is 1.93. The molecule has 1 aromatic heterocycles. The van der Waals surface area contributed by atoms with Crippen molar-refractivity contribution in [2.75, 3.05) is 0 Å². The average Bonchev–Trinajstić information content (AvgIpc) is 2.83. The van der Waals surface area contributed by atoms with Crippen LogP contribution in [0, 0.1) is 18.6 Å². The lowest BCUT2D eigenvalue weighted by molar-refractivity contribution is 0.472. The van der Waals surface area contributed by atoms with Gasteiger partial charge in [0.25, 0.3) is 0 Å². The highest BCUT2D eigenvalue weighted by Gasteiger charge is 2.19.